The number of H-pyrrole nitrogens is 1. The minimum absolute atomic E-state index is 0.130. The average molecular weight is 508 g/mol. The molecule has 0 unspecified atom stereocenters. The number of nitrogens with zero attached hydrogens (tertiary/aromatic N) is 5. The van der Waals surface area contributed by atoms with Gasteiger partial charge in [0.25, 0.3) is 0 Å². The highest BCUT2D eigenvalue weighted by Crippen LogP contribution is 2.35. The number of hydrogen-bond donors (Lipinski definition) is 2. The Labute approximate surface area is 222 Å². The number of hydrogen-bond acceptors (Lipinski definition) is 6. The summed E-state index contributed by atoms with van der Waals surface area (Å²) >= 11 is 0. The molecule has 2 fully saturated rings. The van der Waals surface area contributed by atoms with Gasteiger partial charge in [0.15, 0.2) is 0 Å². The maximum atomic E-state index is 12.7. The van der Waals surface area contributed by atoms with Crippen LogP contribution in [0.2, 0.25) is 0 Å². The highest BCUT2D eigenvalue weighted by Gasteiger charge is 2.33. The molecule has 1 saturated carbocycles. The summed E-state index contributed by atoms with van der Waals surface area (Å²) in [6, 6.07) is 10.4. The normalized spacial score (nSPS) is 15.9. The van der Waals surface area contributed by atoms with Gasteiger partial charge in [0.2, 0.25) is 5.91 Å². The molecule has 0 radical (unpaired) electrons. The summed E-state index contributed by atoms with van der Waals surface area (Å²) in [6.45, 7) is 7.53. The Morgan fingerprint density at radius 2 is 1.92 bits per heavy atom. The monoisotopic (exact) mass is 507 g/mol. The number of rotatable bonds is 8. The molecular weight excluding hydrogens is 474 g/mol. The molecule has 194 valence electrons. The number of carbonyl (C=O) groups excluding carboxylic acids is 1. The van der Waals surface area contributed by atoms with E-state index in [-0.39, 0.29) is 11.8 Å². The van der Waals surface area contributed by atoms with Crippen LogP contribution in [0.25, 0.3) is 27.7 Å². The van der Waals surface area contributed by atoms with E-state index in [1.54, 1.807) is 17.3 Å². The number of likely N-dealkylation sites (tertiary alicyclic amines) is 1. The minimum atomic E-state index is 0.130. The number of aromatic nitrogens is 4. The average Bonchev–Trinajstić information content (AvgIpc) is 3.71. The third kappa shape index (κ3) is 5.04. The largest absolute Gasteiger partial charge is 0.351 e. The molecule has 0 atom stereocenters. The number of piperidine rings is 1. The van der Waals surface area contributed by atoms with Crippen LogP contribution < -0.4 is 10.2 Å². The van der Waals surface area contributed by atoms with Gasteiger partial charge in [-0.05, 0) is 74.2 Å². The molecule has 4 heterocycles. The van der Waals surface area contributed by atoms with Gasteiger partial charge < -0.3 is 10.2 Å². The molecule has 38 heavy (non-hydrogen) atoms. The summed E-state index contributed by atoms with van der Waals surface area (Å²) in [5, 5.41) is 12.0. The Kier molecular flexibility index (Phi) is 6.64. The molecule has 1 amide bonds. The molecular formula is C30H33N7O. The first kappa shape index (κ1) is 24.3. The van der Waals surface area contributed by atoms with Crippen LogP contribution in [0.1, 0.15) is 43.4 Å². The minimum Gasteiger partial charge on any atom is -0.351 e. The number of aromatic amines is 1. The van der Waals surface area contributed by atoms with Crippen LogP contribution in [0, 0.1) is 5.92 Å². The highest BCUT2D eigenvalue weighted by molar-refractivity contribution is 6.01. The molecule has 1 saturated heterocycles. The van der Waals surface area contributed by atoms with Crippen molar-refractivity contribution >= 4 is 33.9 Å². The van der Waals surface area contributed by atoms with Crippen LogP contribution in [0.4, 0.5) is 11.4 Å². The summed E-state index contributed by atoms with van der Waals surface area (Å²) < 4.78 is 0. The Balaban J connectivity index is 1.25. The molecule has 4 aromatic rings. The van der Waals surface area contributed by atoms with Gasteiger partial charge in [-0.15, -0.1) is 0 Å². The highest BCUT2D eigenvalue weighted by atomic mass is 16.2. The van der Waals surface area contributed by atoms with E-state index >= 15 is 0 Å². The van der Waals surface area contributed by atoms with Crippen LogP contribution in [0.15, 0.2) is 61.7 Å². The standard InChI is InChI=1S/C30H33N7O/c1-20(33-27-18-31-11-10-28(27)36(2)30(38)22-6-7-22)29-25-15-23(8-9-26(25)34-35-29)24-14-21(16-32-17-24)19-37-12-4-3-5-13-37/h8-11,14-18,22,33H,1,3-7,12-13,19H2,2H3,(H,34,35). The summed E-state index contributed by atoms with van der Waals surface area (Å²) in [6.07, 6.45) is 13.1. The van der Waals surface area contributed by atoms with Crippen molar-refractivity contribution in [3.05, 3.63) is 73.0 Å². The Morgan fingerprint density at radius 1 is 1.08 bits per heavy atom. The molecule has 0 spiro atoms. The van der Waals surface area contributed by atoms with E-state index in [1.165, 1.54) is 24.8 Å². The van der Waals surface area contributed by atoms with Crippen molar-refractivity contribution in [1.29, 1.82) is 0 Å². The molecule has 2 aliphatic rings. The summed E-state index contributed by atoms with van der Waals surface area (Å²) in [5.41, 5.74) is 7.18. The molecule has 1 aliphatic heterocycles. The zero-order valence-electron chi connectivity index (χ0n) is 21.8. The Morgan fingerprint density at radius 3 is 2.74 bits per heavy atom. The molecule has 2 N–H and O–H groups in total. The van der Waals surface area contributed by atoms with Crippen molar-refractivity contribution in [1.82, 2.24) is 25.1 Å². The molecule has 6 rings (SSSR count). The van der Waals surface area contributed by atoms with E-state index < -0.39 is 0 Å². The fraction of sp³-hybridized carbons (Fsp3) is 0.333. The second-order valence-corrected chi connectivity index (χ2v) is 10.4. The van der Waals surface area contributed by atoms with Crippen molar-refractivity contribution in [2.45, 2.75) is 38.6 Å². The quantitative estimate of drug-likeness (QED) is 0.329. The fourth-order valence-electron chi connectivity index (χ4n) is 5.25. The van der Waals surface area contributed by atoms with Gasteiger partial charge in [-0.3, -0.25) is 24.8 Å². The van der Waals surface area contributed by atoms with Crippen molar-refractivity contribution in [3.63, 3.8) is 0 Å². The molecule has 8 nitrogen and oxygen atoms in total. The van der Waals surface area contributed by atoms with Crippen LogP contribution >= 0.6 is 0 Å². The fourth-order valence-corrected chi connectivity index (χ4v) is 5.25. The van der Waals surface area contributed by atoms with E-state index in [2.05, 4.69) is 55.2 Å². The third-order valence-electron chi connectivity index (χ3n) is 7.53. The van der Waals surface area contributed by atoms with E-state index in [0.29, 0.717) is 5.70 Å². The maximum absolute atomic E-state index is 12.7. The summed E-state index contributed by atoms with van der Waals surface area (Å²) in [5.74, 6) is 0.265. The number of fused-ring (bicyclic) bond motifs is 1. The number of nitrogens with one attached hydrogen (secondary N) is 2. The maximum Gasteiger partial charge on any atom is 0.229 e. The van der Waals surface area contributed by atoms with Crippen molar-refractivity contribution in [2.24, 2.45) is 5.92 Å². The third-order valence-corrected chi connectivity index (χ3v) is 7.53. The second-order valence-electron chi connectivity index (χ2n) is 10.4. The van der Waals surface area contributed by atoms with Crippen LogP contribution in [0.3, 0.4) is 0 Å². The summed E-state index contributed by atoms with van der Waals surface area (Å²) in [4.78, 5) is 25.7. The lowest BCUT2D eigenvalue weighted by molar-refractivity contribution is -0.119. The number of pyridine rings is 2. The van der Waals surface area contributed by atoms with Crippen LogP contribution in [0.5, 0.6) is 0 Å². The molecule has 1 aliphatic carbocycles. The number of carbonyl (C=O) groups is 1. The van der Waals surface area contributed by atoms with E-state index in [4.69, 9.17) is 0 Å². The van der Waals surface area contributed by atoms with E-state index in [1.807, 2.05) is 31.6 Å². The first-order chi connectivity index (χ1) is 18.6. The van der Waals surface area contributed by atoms with Crippen LogP contribution in [-0.2, 0) is 11.3 Å². The van der Waals surface area contributed by atoms with Crippen molar-refractivity contribution in [3.8, 4) is 11.1 Å². The van der Waals surface area contributed by atoms with Gasteiger partial charge in [-0.25, -0.2) is 0 Å². The van der Waals surface area contributed by atoms with Crippen molar-refractivity contribution < 1.29 is 4.79 Å². The molecule has 0 bridgehead atoms. The lowest BCUT2D eigenvalue weighted by atomic mass is 10.0. The molecule has 3 aromatic heterocycles. The van der Waals surface area contributed by atoms with Gasteiger partial charge in [0.05, 0.1) is 28.8 Å². The second kappa shape index (κ2) is 10.4. The van der Waals surface area contributed by atoms with Gasteiger partial charge in [0.1, 0.15) is 5.69 Å². The smallest absolute Gasteiger partial charge is 0.229 e. The van der Waals surface area contributed by atoms with E-state index in [0.717, 1.165) is 71.6 Å². The topological polar surface area (TPSA) is 90.0 Å². The van der Waals surface area contributed by atoms with Crippen LogP contribution in [-0.4, -0.2) is 51.1 Å². The zero-order chi connectivity index (χ0) is 26.1. The van der Waals surface area contributed by atoms with Gasteiger partial charge in [-0.2, -0.15) is 5.10 Å². The predicted molar refractivity (Wildman–Crippen MR) is 151 cm³/mol. The lowest BCUT2D eigenvalue weighted by Crippen LogP contribution is -2.29. The molecule has 8 heteroatoms. The zero-order valence-corrected chi connectivity index (χ0v) is 21.8. The van der Waals surface area contributed by atoms with Crippen molar-refractivity contribution in [2.75, 3.05) is 30.4 Å². The lowest BCUT2D eigenvalue weighted by Gasteiger charge is -2.26. The number of anilines is 2. The summed E-state index contributed by atoms with van der Waals surface area (Å²) in [7, 11) is 1.81. The Bertz CT molecular complexity index is 1480. The van der Waals surface area contributed by atoms with Gasteiger partial charge in [-0.1, -0.05) is 19.1 Å². The van der Waals surface area contributed by atoms with Gasteiger partial charge in [0, 0.05) is 49.1 Å². The number of amides is 1. The van der Waals surface area contributed by atoms with E-state index in [9.17, 15) is 4.79 Å². The predicted octanol–water partition coefficient (Wildman–Crippen LogP) is 5.46. The first-order valence-corrected chi connectivity index (χ1v) is 13.4. The SMILES string of the molecule is C=C(Nc1cnccc1N(C)C(=O)C1CC1)c1n[nH]c2ccc(-c3cncc(CN4CCCCC4)c3)cc12. The van der Waals surface area contributed by atoms with Gasteiger partial charge >= 0.3 is 0 Å². The number of benzene rings is 1. The Hall–Kier alpha value is -4.04. The first-order valence-electron chi connectivity index (χ1n) is 13.4. The molecule has 1 aromatic carbocycles.